The van der Waals surface area contributed by atoms with Crippen LogP contribution in [-0.4, -0.2) is 46.8 Å². The Hall–Kier alpha value is -1.78. The number of hydrogen-bond donors (Lipinski definition) is 0. The van der Waals surface area contributed by atoms with Gasteiger partial charge in [0.25, 0.3) is 0 Å². The molecule has 2 aliphatic rings. The molecule has 3 heterocycles. The fourth-order valence-corrected chi connectivity index (χ4v) is 3.35. The average molecular weight is 394 g/mol. The molecule has 162 valence electrons. The van der Waals surface area contributed by atoms with Crippen LogP contribution in [0, 0.1) is 6.92 Å². The smallest absolute Gasteiger partial charge is 0.410 e. The van der Waals surface area contributed by atoms with Gasteiger partial charge in [-0.05, 0) is 52.2 Å². The van der Waals surface area contributed by atoms with Gasteiger partial charge in [-0.15, -0.1) is 0 Å². The largest absolute Gasteiger partial charge is 0.444 e. The van der Waals surface area contributed by atoms with Gasteiger partial charge >= 0.3 is 6.09 Å². The lowest BCUT2D eigenvalue weighted by molar-refractivity contribution is 0.0123. The minimum Gasteiger partial charge on any atom is -0.444 e. The Morgan fingerprint density at radius 2 is 1.50 bits per heavy atom. The predicted molar refractivity (Wildman–Crippen MR) is 120 cm³/mol. The van der Waals surface area contributed by atoms with Crippen molar-refractivity contribution in [3.05, 3.63) is 23.9 Å². The number of ether oxygens (including phenoxy) is 1. The van der Waals surface area contributed by atoms with Gasteiger partial charge < -0.3 is 9.64 Å². The predicted octanol–water partition coefficient (Wildman–Crippen LogP) is 6.06. The molecule has 5 heteroatoms. The molecule has 2 fully saturated rings. The van der Waals surface area contributed by atoms with Crippen LogP contribution in [0.2, 0.25) is 0 Å². The number of aromatic nitrogens is 1. The number of piperazine rings is 1. The van der Waals surface area contributed by atoms with Crippen molar-refractivity contribution in [2.75, 3.05) is 18.0 Å². The van der Waals surface area contributed by atoms with Gasteiger partial charge in [-0.1, -0.05) is 47.6 Å². The van der Waals surface area contributed by atoms with Gasteiger partial charge in [0.1, 0.15) is 11.4 Å². The minimum atomic E-state index is -0.438. The van der Waals surface area contributed by atoms with E-state index in [1.807, 2.05) is 80.3 Å². The van der Waals surface area contributed by atoms with Crippen molar-refractivity contribution in [3.63, 3.8) is 0 Å². The number of carbonyl (C=O) groups is 1. The molecule has 2 unspecified atom stereocenters. The molecule has 2 bridgehead atoms. The summed E-state index contributed by atoms with van der Waals surface area (Å²) in [4.78, 5) is 21.2. The second kappa shape index (κ2) is 12.6. The third kappa shape index (κ3) is 7.33. The van der Waals surface area contributed by atoms with Crippen molar-refractivity contribution in [1.82, 2.24) is 9.88 Å². The van der Waals surface area contributed by atoms with Crippen LogP contribution in [0.3, 0.4) is 0 Å². The van der Waals surface area contributed by atoms with E-state index in [4.69, 9.17) is 4.74 Å². The van der Waals surface area contributed by atoms with E-state index in [-0.39, 0.29) is 18.2 Å². The zero-order valence-corrected chi connectivity index (χ0v) is 19.9. The molecule has 1 aromatic heterocycles. The monoisotopic (exact) mass is 393 g/mol. The number of pyridine rings is 1. The maximum Gasteiger partial charge on any atom is 0.410 e. The highest BCUT2D eigenvalue weighted by atomic mass is 16.6. The van der Waals surface area contributed by atoms with E-state index < -0.39 is 5.60 Å². The zero-order valence-electron chi connectivity index (χ0n) is 19.9. The number of rotatable bonds is 1. The topological polar surface area (TPSA) is 45.7 Å². The molecule has 1 aromatic rings. The van der Waals surface area contributed by atoms with E-state index in [1.54, 1.807) is 0 Å². The van der Waals surface area contributed by atoms with Gasteiger partial charge in [-0.3, -0.25) is 4.90 Å². The Bertz CT molecular complexity index is 538. The molecule has 0 aromatic carbocycles. The number of carbonyl (C=O) groups excluding carboxylic acids is 1. The van der Waals surface area contributed by atoms with E-state index in [1.165, 1.54) is 5.56 Å². The second-order valence-corrected chi connectivity index (χ2v) is 7.37. The molecule has 0 radical (unpaired) electrons. The molecule has 5 nitrogen and oxygen atoms in total. The molecule has 0 spiro atoms. The van der Waals surface area contributed by atoms with Crippen LogP contribution in [0.15, 0.2) is 18.3 Å². The van der Waals surface area contributed by atoms with E-state index in [9.17, 15) is 4.79 Å². The van der Waals surface area contributed by atoms with Crippen LogP contribution in [0.1, 0.15) is 80.7 Å². The average Bonchev–Trinajstić information content (AvgIpc) is 2.96. The molecule has 2 atom stereocenters. The third-order valence-corrected chi connectivity index (χ3v) is 4.31. The number of fused-ring (bicyclic) bond motifs is 2. The SMILES string of the molecule is CC.CC.CC.Cc1ccc(N2CC3CCC(C2)N3C(=O)OC(C)(C)C)nc1. The molecular formula is C23H43N3O2. The van der Waals surface area contributed by atoms with Gasteiger partial charge in [0, 0.05) is 19.3 Å². The van der Waals surface area contributed by atoms with Crippen LogP contribution in [0.25, 0.3) is 0 Å². The third-order valence-electron chi connectivity index (χ3n) is 4.31. The van der Waals surface area contributed by atoms with Crippen molar-refractivity contribution in [1.29, 1.82) is 0 Å². The molecular weight excluding hydrogens is 350 g/mol. The van der Waals surface area contributed by atoms with Crippen molar-refractivity contribution < 1.29 is 9.53 Å². The van der Waals surface area contributed by atoms with Crippen molar-refractivity contribution in [2.24, 2.45) is 0 Å². The Kier molecular flexibility index (Phi) is 11.8. The summed E-state index contributed by atoms with van der Waals surface area (Å²) in [6.07, 6.45) is 3.83. The summed E-state index contributed by atoms with van der Waals surface area (Å²) in [5.41, 5.74) is 0.728. The maximum atomic E-state index is 12.4. The Morgan fingerprint density at radius 1 is 1.00 bits per heavy atom. The van der Waals surface area contributed by atoms with Crippen LogP contribution >= 0.6 is 0 Å². The number of aryl methyl sites for hydroxylation is 1. The lowest BCUT2D eigenvalue weighted by atomic mass is 10.2. The molecule has 0 saturated carbocycles. The summed E-state index contributed by atoms with van der Waals surface area (Å²) in [6, 6.07) is 4.62. The van der Waals surface area contributed by atoms with E-state index >= 15 is 0 Å². The van der Waals surface area contributed by atoms with Gasteiger partial charge in [0.2, 0.25) is 0 Å². The van der Waals surface area contributed by atoms with Gasteiger partial charge in [-0.25, -0.2) is 9.78 Å². The van der Waals surface area contributed by atoms with Gasteiger partial charge in [-0.2, -0.15) is 0 Å². The highest BCUT2D eigenvalue weighted by Gasteiger charge is 2.44. The Labute approximate surface area is 173 Å². The lowest BCUT2D eigenvalue weighted by Gasteiger charge is -2.41. The highest BCUT2D eigenvalue weighted by Crippen LogP contribution is 2.33. The van der Waals surface area contributed by atoms with E-state index in [2.05, 4.69) is 22.0 Å². The fraction of sp³-hybridized carbons (Fsp3) is 0.739. The quantitative estimate of drug-likeness (QED) is 0.582. The van der Waals surface area contributed by atoms with Crippen molar-refractivity contribution >= 4 is 11.9 Å². The molecule has 0 aliphatic carbocycles. The number of amides is 1. The summed E-state index contributed by atoms with van der Waals surface area (Å²) in [6.45, 7) is 21.5. The summed E-state index contributed by atoms with van der Waals surface area (Å²) >= 11 is 0. The second-order valence-electron chi connectivity index (χ2n) is 7.37. The normalized spacial score (nSPS) is 19.9. The fourth-order valence-electron chi connectivity index (χ4n) is 3.35. The number of nitrogens with zero attached hydrogens (tertiary/aromatic N) is 3. The first kappa shape index (κ1) is 26.2. The Balaban J connectivity index is 0.00000111. The summed E-state index contributed by atoms with van der Waals surface area (Å²) in [5, 5.41) is 0. The first-order chi connectivity index (χ1) is 13.3. The first-order valence-electron chi connectivity index (χ1n) is 11.0. The molecule has 2 saturated heterocycles. The molecule has 2 aliphatic heterocycles. The minimum absolute atomic E-state index is 0.170. The summed E-state index contributed by atoms with van der Waals surface area (Å²) in [5.74, 6) is 1.01. The van der Waals surface area contributed by atoms with Gasteiger partial charge in [0.15, 0.2) is 0 Å². The zero-order chi connectivity index (χ0) is 21.9. The molecule has 3 rings (SSSR count). The van der Waals surface area contributed by atoms with E-state index in [0.29, 0.717) is 0 Å². The molecule has 28 heavy (non-hydrogen) atoms. The highest BCUT2D eigenvalue weighted by molar-refractivity contribution is 5.70. The van der Waals surface area contributed by atoms with Crippen LogP contribution < -0.4 is 4.90 Å². The lowest BCUT2D eigenvalue weighted by Crippen LogP contribution is -2.57. The van der Waals surface area contributed by atoms with Crippen LogP contribution in [-0.2, 0) is 4.74 Å². The van der Waals surface area contributed by atoms with Crippen LogP contribution in [0.4, 0.5) is 10.6 Å². The number of hydrogen-bond acceptors (Lipinski definition) is 4. The summed E-state index contributed by atoms with van der Waals surface area (Å²) < 4.78 is 5.57. The summed E-state index contributed by atoms with van der Waals surface area (Å²) in [7, 11) is 0. The molecule has 1 amide bonds. The van der Waals surface area contributed by atoms with E-state index in [0.717, 1.165) is 31.7 Å². The maximum absolute atomic E-state index is 12.4. The standard InChI is InChI=1S/C17H25N3O2.3C2H6/c1-12-5-8-15(18-9-12)19-10-13-6-7-14(11-19)20(13)16(21)22-17(2,3)4;3*1-2/h5,8-9,13-14H,6-7,10-11H2,1-4H3;3*1-2H3. The van der Waals surface area contributed by atoms with Crippen molar-refractivity contribution in [3.8, 4) is 0 Å². The first-order valence-corrected chi connectivity index (χ1v) is 11.0. The van der Waals surface area contributed by atoms with Crippen LogP contribution in [0.5, 0.6) is 0 Å². The molecule has 0 N–H and O–H groups in total. The van der Waals surface area contributed by atoms with Gasteiger partial charge in [0.05, 0.1) is 12.1 Å². The van der Waals surface area contributed by atoms with Crippen molar-refractivity contribution in [2.45, 2.75) is 99.8 Å². The number of anilines is 1. The Morgan fingerprint density at radius 3 is 1.89 bits per heavy atom.